The second-order valence-electron chi connectivity index (χ2n) is 5.35. The van der Waals surface area contributed by atoms with E-state index in [-0.39, 0.29) is 12.7 Å². The third-order valence-corrected chi connectivity index (χ3v) is 4.09. The van der Waals surface area contributed by atoms with E-state index in [1.54, 1.807) is 0 Å². The topological polar surface area (TPSA) is 52.9 Å². The Bertz CT molecular complexity index is 217. The second kappa shape index (κ2) is 6.69. The van der Waals surface area contributed by atoms with E-state index in [4.69, 9.17) is 9.84 Å². The largest absolute Gasteiger partial charge is 0.394 e. The minimum absolute atomic E-state index is 0.0710. The Balaban J connectivity index is 1.65. The number of aliphatic hydroxyl groups is 2. The first-order chi connectivity index (χ1) is 8.29. The highest BCUT2D eigenvalue weighted by Crippen LogP contribution is 2.27. The van der Waals surface area contributed by atoms with E-state index in [1.807, 2.05) is 0 Å². The summed E-state index contributed by atoms with van der Waals surface area (Å²) in [6, 6.07) is 0. The maximum Gasteiger partial charge on any atom is 0.0701 e. The van der Waals surface area contributed by atoms with Crippen LogP contribution in [0.5, 0.6) is 0 Å². The predicted molar refractivity (Wildman–Crippen MR) is 65.8 cm³/mol. The van der Waals surface area contributed by atoms with Crippen LogP contribution in [0, 0.1) is 5.92 Å². The lowest BCUT2D eigenvalue weighted by atomic mass is 10.0. The lowest BCUT2D eigenvalue weighted by molar-refractivity contribution is -0.0131. The molecule has 1 saturated carbocycles. The van der Waals surface area contributed by atoms with Gasteiger partial charge in [0.1, 0.15) is 0 Å². The smallest absolute Gasteiger partial charge is 0.0701 e. The van der Waals surface area contributed by atoms with Gasteiger partial charge in [0, 0.05) is 19.6 Å². The van der Waals surface area contributed by atoms with Gasteiger partial charge in [0.25, 0.3) is 0 Å². The molecule has 4 nitrogen and oxygen atoms in total. The molecule has 4 heteroatoms. The quantitative estimate of drug-likeness (QED) is 0.743. The van der Waals surface area contributed by atoms with Crippen LogP contribution in [-0.4, -0.2) is 60.2 Å². The van der Waals surface area contributed by atoms with Gasteiger partial charge < -0.3 is 19.8 Å². The number of hydrogen-bond acceptors (Lipinski definition) is 4. The van der Waals surface area contributed by atoms with Crippen molar-refractivity contribution in [3.8, 4) is 0 Å². The first-order valence-electron chi connectivity index (χ1n) is 6.92. The molecule has 0 amide bonds. The molecule has 2 rings (SSSR count). The second-order valence-corrected chi connectivity index (χ2v) is 5.35. The number of piperidine rings is 1. The summed E-state index contributed by atoms with van der Waals surface area (Å²) in [7, 11) is 0. The van der Waals surface area contributed by atoms with E-state index in [9.17, 15) is 5.11 Å². The first kappa shape index (κ1) is 13.3. The highest BCUT2D eigenvalue weighted by molar-refractivity contribution is 4.81. The first-order valence-corrected chi connectivity index (χ1v) is 6.92. The fourth-order valence-corrected chi connectivity index (χ4v) is 3.04. The van der Waals surface area contributed by atoms with Crippen molar-refractivity contribution in [3.63, 3.8) is 0 Å². The van der Waals surface area contributed by atoms with Crippen molar-refractivity contribution >= 4 is 0 Å². The molecule has 2 N–H and O–H groups in total. The summed E-state index contributed by atoms with van der Waals surface area (Å²) in [4.78, 5) is 2.46. The minimum Gasteiger partial charge on any atom is -0.394 e. The predicted octanol–water partition coefficient (Wildman–Crippen LogP) is 0.621. The molecule has 1 heterocycles. The van der Waals surface area contributed by atoms with Gasteiger partial charge in [-0.2, -0.15) is 0 Å². The Hall–Kier alpha value is -0.160. The fourth-order valence-electron chi connectivity index (χ4n) is 3.04. The van der Waals surface area contributed by atoms with Gasteiger partial charge in [0.15, 0.2) is 0 Å². The summed E-state index contributed by atoms with van der Waals surface area (Å²) in [5, 5.41) is 18.5. The normalized spacial score (nSPS) is 32.1. The Labute approximate surface area is 104 Å². The monoisotopic (exact) mass is 243 g/mol. The molecule has 0 aromatic carbocycles. The number of likely N-dealkylation sites (tertiary alicyclic amines) is 1. The van der Waals surface area contributed by atoms with Crippen LogP contribution in [0.2, 0.25) is 0 Å². The maximum atomic E-state index is 9.81. The molecular weight excluding hydrogens is 218 g/mol. The maximum absolute atomic E-state index is 9.81. The van der Waals surface area contributed by atoms with Crippen molar-refractivity contribution in [3.05, 3.63) is 0 Å². The fraction of sp³-hybridized carbons (Fsp3) is 1.00. The number of ether oxygens (including phenoxy) is 1. The molecule has 0 spiro atoms. The van der Waals surface area contributed by atoms with Crippen molar-refractivity contribution in [1.82, 2.24) is 4.90 Å². The lowest BCUT2D eigenvalue weighted by Gasteiger charge is -2.34. The summed E-state index contributed by atoms with van der Waals surface area (Å²) in [6.45, 7) is 3.77. The average molecular weight is 243 g/mol. The summed E-state index contributed by atoms with van der Waals surface area (Å²) >= 11 is 0. The Kier molecular flexibility index (Phi) is 5.22. The molecule has 1 aliphatic heterocycles. The van der Waals surface area contributed by atoms with E-state index in [1.165, 1.54) is 12.8 Å². The van der Waals surface area contributed by atoms with Crippen molar-refractivity contribution < 1.29 is 14.9 Å². The van der Waals surface area contributed by atoms with Crippen molar-refractivity contribution in [2.75, 3.05) is 32.8 Å². The van der Waals surface area contributed by atoms with Crippen LogP contribution in [0.4, 0.5) is 0 Å². The van der Waals surface area contributed by atoms with E-state index < -0.39 is 0 Å². The highest BCUT2D eigenvalue weighted by atomic mass is 16.5. The molecule has 2 unspecified atom stereocenters. The highest BCUT2D eigenvalue weighted by Gasteiger charge is 2.28. The van der Waals surface area contributed by atoms with Crippen LogP contribution < -0.4 is 0 Å². The van der Waals surface area contributed by atoms with Gasteiger partial charge in [-0.05, 0) is 31.6 Å². The van der Waals surface area contributed by atoms with Crippen LogP contribution in [0.15, 0.2) is 0 Å². The van der Waals surface area contributed by atoms with Crippen molar-refractivity contribution in [2.45, 2.75) is 44.3 Å². The molecule has 0 radical (unpaired) electrons. The van der Waals surface area contributed by atoms with Crippen LogP contribution in [-0.2, 0) is 4.74 Å². The molecule has 0 aromatic heterocycles. The van der Waals surface area contributed by atoms with E-state index >= 15 is 0 Å². The Morgan fingerprint density at radius 1 is 1.12 bits per heavy atom. The SMILES string of the molecule is OCCOC1CCN(CC2CCCC2O)CC1. The molecule has 17 heavy (non-hydrogen) atoms. The van der Waals surface area contributed by atoms with Gasteiger partial charge in [-0.1, -0.05) is 6.42 Å². The van der Waals surface area contributed by atoms with E-state index in [0.717, 1.165) is 38.9 Å². The van der Waals surface area contributed by atoms with Gasteiger partial charge in [0.2, 0.25) is 0 Å². The van der Waals surface area contributed by atoms with Crippen LogP contribution >= 0.6 is 0 Å². The third-order valence-electron chi connectivity index (χ3n) is 4.09. The van der Waals surface area contributed by atoms with E-state index in [0.29, 0.717) is 18.6 Å². The van der Waals surface area contributed by atoms with Gasteiger partial charge in [-0.3, -0.25) is 0 Å². The van der Waals surface area contributed by atoms with Crippen molar-refractivity contribution in [1.29, 1.82) is 0 Å². The average Bonchev–Trinajstić information content (AvgIpc) is 2.74. The summed E-state index contributed by atoms with van der Waals surface area (Å²) in [5.41, 5.74) is 0. The summed E-state index contributed by atoms with van der Waals surface area (Å²) in [6.07, 6.45) is 5.72. The van der Waals surface area contributed by atoms with Crippen LogP contribution in [0.25, 0.3) is 0 Å². The standard InChI is InChI=1S/C13H25NO3/c15-8-9-17-12-4-6-14(7-5-12)10-11-2-1-3-13(11)16/h11-13,15-16H,1-10H2. The van der Waals surface area contributed by atoms with E-state index in [2.05, 4.69) is 4.90 Å². The van der Waals surface area contributed by atoms with Gasteiger partial charge >= 0.3 is 0 Å². The molecule has 0 aromatic rings. The minimum atomic E-state index is -0.0710. The Morgan fingerprint density at radius 2 is 1.88 bits per heavy atom. The molecule has 2 fully saturated rings. The zero-order valence-electron chi connectivity index (χ0n) is 10.6. The lowest BCUT2D eigenvalue weighted by Crippen LogP contribution is -2.41. The molecule has 1 saturated heterocycles. The molecule has 1 aliphatic carbocycles. The zero-order chi connectivity index (χ0) is 12.1. The molecule has 2 aliphatic rings. The molecule has 2 atom stereocenters. The van der Waals surface area contributed by atoms with Crippen molar-refractivity contribution in [2.24, 2.45) is 5.92 Å². The summed E-state index contributed by atoms with van der Waals surface area (Å²) in [5.74, 6) is 0.491. The molecule has 100 valence electrons. The summed E-state index contributed by atoms with van der Waals surface area (Å²) < 4.78 is 5.55. The molecule has 0 bridgehead atoms. The molecular formula is C13H25NO3. The Morgan fingerprint density at radius 3 is 2.47 bits per heavy atom. The van der Waals surface area contributed by atoms with Crippen LogP contribution in [0.3, 0.4) is 0 Å². The van der Waals surface area contributed by atoms with Gasteiger partial charge in [-0.15, -0.1) is 0 Å². The van der Waals surface area contributed by atoms with Crippen LogP contribution in [0.1, 0.15) is 32.1 Å². The number of hydrogen-bond donors (Lipinski definition) is 2. The van der Waals surface area contributed by atoms with Gasteiger partial charge in [-0.25, -0.2) is 0 Å². The number of rotatable bonds is 5. The number of aliphatic hydroxyl groups excluding tert-OH is 2. The van der Waals surface area contributed by atoms with Gasteiger partial charge in [0.05, 0.1) is 25.4 Å². The zero-order valence-corrected chi connectivity index (χ0v) is 10.6. The number of nitrogens with zero attached hydrogens (tertiary/aromatic N) is 1. The third kappa shape index (κ3) is 3.91.